The molecule has 2 rings (SSSR count). The Bertz CT molecular complexity index is 313. The molecule has 0 aromatic carbocycles. The van der Waals surface area contributed by atoms with E-state index < -0.39 is 0 Å². The first-order chi connectivity index (χ1) is 7.28. The highest BCUT2D eigenvalue weighted by atomic mass is 32.1. The fourth-order valence-corrected chi connectivity index (χ4v) is 2.58. The number of morpholine rings is 1. The predicted molar refractivity (Wildman–Crippen MR) is 62.2 cm³/mol. The largest absolute Gasteiger partial charge is 0.376 e. The van der Waals surface area contributed by atoms with Gasteiger partial charge in [0, 0.05) is 25.0 Å². The average Bonchev–Trinajstić information content (AvgIpc) is 2.65. The zero-order valence-corrected chi connectivity index (χ0v) is 10.2. The van der Waals surface area contributed by atoms with E-state index in [1.54, 1.807) is 11.3 Å². The summed E-state index contributed by atoms with van der Waals surface area (Å²) in [6.45, 7) is 8.17. The minimum atomic E-state index is 0.364. The number of nitrogens with zero attached hydrogens (tertiary/aromatic N) is 2. The highest BCUT2D eigenvalue weighted by molar-refractivity contribution is 7.09. The Kier molecular flexibility index (Phi) is 3.72. The Morgan fingerprint density at radius 2 is 2.53 bits per heavy atom. The van der Waals surface area contributed by atoms with Gasteiger partial charge in [0.25, 0.3) is 0 Å². The maximum absolute atomic E-state index is 5.51. The first kappa shape index (κ1) is 11.0. The topological polar surface area (TPSA) is 25.4 Å². The molecule has 1 atom stereocenters. The van der Waals surface area contributed by atoms with Crippen molar-refractivity contribution in [3.8, 4) is 0 Å². The summed E-state index contributed by atoms with van der Waals surface area (Å²) in [5, 5.41) is 3.42. The van der Waals surface area contributed by atoms with Gasteiger partial charge >= 0.3 is 0 Å². The monoisotopic (exact) mass is 226 g/mol. The Balaban J connectivity index is 1.90. The Labute approximate surface area is 95.1 Å². The van der Waals surface area contributed by atoms with Crippen molar-refractivity contribution in [3.05, 3.63) is 16.1 Å². The van der Waals surface area contributed by atoms with E-state index in [9.17, 15) is 0 Å². The molecule has 2 heterocycles. The smallest absolute Gasteiger partial charge is 0.0926 e. The number of aryl methyl sites for hydroxylation is 1. The van der Waals surface area contributed by atoms with Gasteiger partial charge in [-0.05, 0) is 13.3 Å². The van der Waals surface area contributed by atoms with Gasteiger partial charge in [-0.1, -0.05) is 6.92 Å². The van der Waals surface area contributed by atoms with Crippen LogP contribution in [0.3, 0.4) is 0 Å². The zero-order valence-electron chi connectivity index (χ0n) is 9.40. The second-order valence-electron chi connectivity index (χ2n) is 4.00. The van der Waals surface area contributed by atoms with Crippen molar-refractivity contribution in [1.29, 1.82) is 0 Å². The van der Waals surface area contributed by atoms with Crippen molar-refractivity contribution in [2.45, 2.75) is 32.9 Å². The molecule has 0 spiro atoms. The van der Waals surface area contributed by atoms with Gasteiger partial charge in [-0.15, -0.1) is 11.3 Å². The first-order valence-corrected chi connectivity index (χ1v) is 6.43. The molecule has 1 aromatic rings. The summed E-state index contributed by atoms with van der Waals surface area (Å²) < 4.78 is 5.51. The van der Waals surface area contributed by atoms with Gasteiger partial charge in [-0.25, -0.2) is 4.98 Å². The van der Waals surface area contributed by atoms with E-state index in [-0.39, 0.29) is 0 Å². The number of hydrogen-bond donors (Lipinski definition) is 0. The van der Waals surface area contributed by atoms with E-state index in [2.05, 4.69) is 29.1 Å². The van der Waals surface area contributed by atoms with Crippen LogP contribution in [0.1, 0.15) is 24.5 Å². The molecule has 3 nitrogen and oxygen atoms in total. The highest BCUT2D eigenvalue weighted by Gasteiger charge is 2.17. The predicted octanol–water partition coefficient (Wildman–Crippen LogP) is 1.93. The van der Waals surface area contributed by atoms with E-state index in [0.29, 0.717) is 6.10 Å². The molecule has 0 aliphatic carbocycles. The van der Waals surface area contributed by atoms with Crippen molar-refractivity contribution in [3.63, 3.8) is 0 Å². The number of aromatic nitrogens is 1. The molecule has 84 valence electrons. The van der Waals surface area contributed by atoms with Crippen LogP contribution in [-0.4, -0.2) is 35.7 Å². The number of ether oxygens (including phenoxy) is 1. The van der Waals surface area contributed by atoms with Crippen LogP contribution in [0.5, 0.6) is 0 Å². The van der Waals surface area contributed by atoms with Crippen molar-refractivity contribution >= 4 is 11.3 Å². The van der Waals surface area contributed by atoms with Crippen LogP contribution in [0, 0.1) is 0 Å². The fraction of sp³-hybridized carbons (Fsp3) is 0.727. The number of thiazole rings is 1. The molecule has 1 aliphatic heterocycles. The van der Waals surface area contributed by atoms with Gasteiger partial charge in [-0.3, -0.25) is 4.90 Å². The summed E-state index contributed by atoms with van der Waals surface area (Å²) in [4.78, 5) is 7.00. The molecule has 1 aliphatic rings. The fourth-order valence-electron chi connectivity index (χ4n) is 1.85. The lowest BCUT2D eigenvalue weighted by atomic mass is 10.3. The van der Waals surface area contributed by atoms with Crippen LogP contribution in [0.15, 0.2) is 5.38 Å². The lowest BCUT2D eigenvalue weighted by Crippen LogP contribution is -2.40. The molecule has 0 bridgehead atoms. The quantitative estimate of drug-likeness (QED) is 0.787. The molecular formula is C11H18N2OS. The molecule has 15 heavy (non-hydrogen) atoms. The van der Waals surface area contributed by atoms with E-state index in [0.717, 1.165) is 32.7 Å². The minimum absolute atomic E-state index is 0.364. The van der Waals surface area contributed by atoms with Crippen LogP contribution in [-0.2, 0) is 17.7 Å². The molecule has 1 unspecified atom stereocenters. The molecule has 0 radical (unpaired) electrons. The summed E-state index contributed by atoms with van der Waals surface area (Å²) in [5.41, 5.74) is 1.21. The second kappa shape index (κ2) is 5.05. The van der Waals surface area contributed by atoms with Crippen molar-refractivity contribution < 1.29 is 4.74 Å². The molecule has 4 heteroatoms. The van der Waals surface area contributed by atoms with Gasteiger partial charge in [0.2, 0.25) is 0 Å². The van der Waals surface area contributed by atoms with E-state index in [1.807, 2.05) is 0 Å². The molecule has 1 aromatic heterocycles. The molecular weight excluding hydrogens is 208 g/mol. The Morgan fingerprint density at radius 3 is 3.20 bits per heavy atom. The molecule has 1 saturated heterocycles. The van der Waals surface area contributed by atoms with Gasteiger partial charge in [0.1, 0.15) is 0 Å². The number of hydrogen-bond acceptors (Lipinski definition) is 4. The summed E-state index contributed by atoms with van der Waals surface area (Å²) in [6.07, 6.45) is 1.41. The van der Waals surface area contributed by atoms with Crippen LogP contribution in [0.25, 0.3) is 0 Å². The SMILES string of the molecule is CCc1nc(CN2CCOC(C)C2)cs1. The Morgan fingerprint density at radius 1 is 1.67 bits per heavy atom. The Hall–Kier alpha value is -0.450. The highest BCUT2D eigenvalue weighted by Crippen LogP contribution is 2.14. The van der Waals surface area contributed by atoms with Gasteiger partial charge in [-0.2, -0.15) is 0 Å². The van der Waals surface area contributed by atoms with Gasteiger partial charge in [0.05, 0.1) is 23.4 Å². The van der Waals surface area contributed by atoms with Crippen molar-refractivity contribution in [1.82, 2.24) is 9.88 Å². The normalized spacial score (nSPS) is 23.2. The molecule has 0 N–H and O–H groups in total. The summed E-state index contributed by atoms with van der Waals surface area (Å²) >= 11 is 1.77. The average molecular weight is 226 g/mol. The third kappa shape index (κ3) is 3.00. The minimum Gasteiger partial charge on any atom is -0.376 e. The maximum Gasteiger partial charge on any atom is 0.0926 e. The second-order valence-corrected chi connectivity index (χ2v) is 4.95. The van der Waals surface area contributed by atoms with Crippen LogP contribution < -0.4 is 0 Å². The van der Waals surface area contributed by atoms with Crippen molar-refractivity contribution in [2.75, 3.05) is 19.7 Å². The van der Waals surface area contributed by atoms with Crippen LogP contribution >= 0.6 is 11.3 Å². The number of rotatable bonds is 3. The summed E-state index contributed by atoms with van der Waals surface area (Å²) in [7, 11) is 0. The molecule has 0 saturated carbocycles. The van der Waals surface area contributed by atoms with Crippen molar-refractivity contribution in [2.24, 2.45) is 0 Å². The first-order valence-electron chi connectivity index (χ1n) is 5.55. The van der Waals surface area contributed by atoms with E-state index >= 15 is 0 Å². The maximum atomic E-state index is 5.51. The zero-order chi connectivity index (χ0) is 10.7. The van der Waals surface area contributed by atoms with E-state index in [4.69, 9.17) is 4.74 Å². The standard InChI is InChI=1S/C11H18N2OS/c1-3-11-12-10(8-15-11)7-13-4-5-14-9(2)6-13/h8-9H,3-7H2,1-2H3. The third-order valence-corrected chi connectivity index (χ3v) is 3.65. The van der Waals surface area contributed by atoms with Gasteiger partial charge in [0.15, 0.2) is 0 Å². The summed E-state index contributed by atoms with van der Waals surface area (Å²) in [6, 6.07) is 0. The van der Waals surface area contributed by atoms with Crippen LogP contribution in [0.2, 0.25) is 0 Å². The molecule has 0 amide bonds. The lowest BCUT2D eigenvalue weighted by molar-refractivity contribution is -0.0215. The summed E-state index contributed by atoms with van der Waals surface area (Å²) in [5.74, 6) is 0. The lowest BCUT2D eigenvalue weighted by Gasteiger charge is -2.30. The van der Waals surface area contributed by atoms with E-state index in [1.165, 1.54) is 10.7 Å². The van der Waals surface area contributed by atoms with Gasteiger partial charge < -0.3 is 4.74 Å². The van der Waals surface area contributed by atoms with Crippen LogP contribution in [0.4, 0.5) is 0 Å². The third-order valence-electron chi connectivity index (χ3n) is 2.61. The molecule has 1 fully saturated rings.